The lowest BCUT2D eigenvalue weighted by Gasteiger charge is -2.19. The summed E-state index contributed by atoms with van der Waals surface area (Å²) in [6, 6.07) is 16.5. The quantitative estimate of drug-likeness (QED) is 0.912. The molecule has 0 radical (unpaired) electrons. The zero-order chi connectivity index (χ0) is 17.1. The standard InChI is InChI=1S/C21H24N2O2/c24-21(22-14-19-5-3-13-25-19)18-9-7-16(8-10-18)15-23-12-11-17-4-1-2-6-20(17)23/h1-2,4,6-10,19H,3,5,11-15H2,(H,22,24)/t19-/m1/s1. The molecular formula is C21H24N2O2. The molecule has 1 amide bonds. The number of hydrogen-bond donors (Lipinski definition) is 1. The minimum absolute atomic E-state index is 0.0198. The maximum Gasteiger partial charge on any atom is 0.251 e. The Morgan fingerprint density at radius 3 is 2.80 bits per heavy atom. The van der Waals surface area contributed by atoms with E-state index in [2.05, 4.69) is 46.6 Å². The van der Waals surface area contributed by atoms with Crippen molar-refractivity contribution in [1.82, 2.24) is 5.32 Å². The van der Waals surface area contributed by atoms with Crippen LogP contribution in [0, 0.1) is 0 Å². The average Bonchev–Trinajstić information content (AvgIpc) is 3.31. The molecule has 4 heteroatoms. The van der Waals surface area contributed by atoms with Crippen LogP contribution in [0.5, 0.6) is 0 Å². The Bertz CT molecular complexity index is 736. The van der Waals surface area contributed by atoms with Crippen LogP contribution in [-0.2, 0) is 17.7 Å². The average molecular weight is 336 g/mol. The number of nitrogens with zero attached hydrogens (tertiary/aromatic N) is 1. The molecule has 2 aromatic rings. The molecule has 1 saturated heterocycles. The molecule has 2 aliphatic rings. The first-order chi connectivity index (χ1) is 12.3. The molecule has 2 heterocycles. The first-order valence-corrected chi connectivity index (χ1v) is 9.11. The number of para-hydroxylation sites is 1. The van der Waals surface area contributed by atoms with Gasteiger partial charge in [0, 0.05) is 37.5 Å². The number of anilines is 1. The number of carbonyl (C=O) groups is 1. The van der Waals surface area contributed by atoms with Crippen LogP contribution in [0.25, 0.3) is 0 Å². The van der Waals surface area contributed by atoms with Gasteiger partial charge in [0.05, 0.1) is 6.10 Å². The first-order valence-electron chi connectivity index (χ1n) is 9.11. The summed E-state index contributed by atoms with van der Waals surface area (Å²) < 4.78 is 5.54. The Balaban J connectivity index is 1.35. The number of carbonyl (C=O) groups excluding carboxylic acids is 1. The zero-order valence-corrected chi connectivity index (χ0v) is 14.4. The fourth-order valence-electron chi connectivity index (χ4n) is 3.67. The van der Waals surface area contributed by atoms with Crippen LogP contribution >= 0.6 is 0 Å². The van der Waals surface area contributed by atoms with E-state index in [4.69, 9.17) is 4.74 Å². The van der Waals surface area contributed by atoms with E-state index in [0.717, 1.165) is 39.0 Å². The summed E-state index contributed by atoms with van der Waals surface area (Å²) in [4.78, 5) is 14.6. The molecule has 0 spiro atoms. The summed E-state index contributed by atoms with van der Waals surface area (Å²) in [6.07, 6.45) is 3.42. The van der Waals surface area contributed by atoms with Gasteiger partial charge in [-0.1, -0.05) is 30.3 Å². The van der Waals surface area contributed by atoms with Crippen molar-refractivity contribution < 1.29 is 9.53 Å². The molecule has 4 nitrogen and oxygen atoms in total. The maximum absolute atomic E-state index is 12.2. The number of rotatable bonds is 5. The number of hydrogen-bond acceptors (Lipinski definition) is 3. The van der Waals surface area contributed by atoms with Gasteiger partial charge in [-0.05, 0) is 48.6 Å². The van der Waals surface area contributed by atoms with Crippen molar-refractivity contribution in [2.24, 2.45) is 0 Å². The van der Waals surface area contributed by atoms with E-state index < -0.39 is 0 Å². The highest BCUT2D eigenvalue weighted by Gasteiger charge is 2.19. The second-order valence-electron chi connectivity index (χ2n) is 6.84. The van der Waals surface area contributed by atoms with E-state index in [1.165, 1.54) is 16.8 Å². The van der Waals surface area contributed by atoms with Crippen molar-refractivity contribution in [3.8, 4) is 0 Å². The lowest BCUT2D eigenvalue weighted by Crippen LogP contribution is -2.31. The highest BCUT2D eigenvalue weighted by atomic mass is 16.5. The minimum atomic E-state index is -0.0198. The topological polar surface area (TPSA) is 41.6 Å². The van der Waals surface area contributed by atoms with E-state index in [-0.39, 0.29) is 12.0 Å². The minimum Gasteiger partial charge on any atom is -0.376 e. The van der Waals surface area contributed by atoms with Gasteiger partial charge in [0.2, 0.25) is 0 Å². The number of amides is 1. The van der Waals surface area contributed by atoms with Gasteiger partial charge in [-0.25, -0.2) is 0 Å². The van der Waals surface area contributed by atoms with Gasteiger partial charge in [-0.15, -0.1) is 0 Å². The zero-order valence-electron chi connectivity index (χ0n) is 14.4. The monoisotopic (exact) mass is 336 g/mol. The molecule has 0 saturated carbocycles. The lowest BCUT2D eigenvalue weighted by molar-refractivity contribution is 0.0858. The summed E-state index contributed by atoms with van der Waals surface area (Å²) in [7, 11) is 0. The van der Waals surface area contributed by atoms with Crippen LogP contribution in [0.4, 0.5) is 5.69 Å². The third-order valence-corrected chi connectivity index (χ3v) is 5.09. The smallest absolute Gasteiger partial charge is 0.251 e. The van der Waals surface area contributed by atoms with E-state index in [0.29, 0.717) is 12.1 Å². The van der Waals surface area contributed by atoms with Crippen molar-refractivity contribution >= 4 is 11.6 Å². The Morgan fingerprint density at radius 1 is 1.16 bits per heavy atom. The summed E-state index contributed by atoms with van der Waals surface area (Å²) in [5.74, 6) is -0.0198. The van der Waals surface area contributed by atoms with Crippen LogP contribution in [0.3, 0.4) is 0 Å². The number of nitrogens with one attached hydrogen (secondary N) is 1. The molecule has 2 aliphatic heterocycles. The molecule has 1 atom stereocenters. The molecule has 0 aliphatic carbocycles. The van der Waals surface area contributed by atoms with Crippen LogP contribution < -0.4 is 10.2 Å². The van der Waals surface area contributed by atoms with Crippen LogP contribution in [-0.4, -0.2) is 31.7 Å². The van der Waals surface area contributed by atoms with Crippen LogP contribution in [0.15, 0.2) is 48.5 Å². The summed E-state index contributed by atoms with van der Waals surface area (Å²) in [6.45, 7) is 3.36. The number of fused-ring (bicyclic) bond motifs is 1. The molecule has 0 unspecified atom stereocenters. The normalized spacial score (nSPS) is 19.0. The summed E-state index contributed by atoms with van der Waals surface area (Å²) in [5.41, 5.74) is 4.70. The first kappa shape index (κ1) is 16.2. The van der Waals surface area contributed by atoms with Gasteiger partial charge in [-0.3, -0.25) is 4.79 Å². The third kappa shape index (κ3) is 3.69. The van der Waals surface area contributed by atoms with E-state index in [1.54, 1.807) is 0 Å². The van der Waals surface area contributed by atoms with Gasteiger partial charge < -0.3 is 15.0 Å². The van der Waals surface area contributed by atoms with Gasteiger partial charge in [0.15, 0.2) is 0 Å². The molecule has 0 bridgehead atoms. The summed E-state index contributed by atoms with van der Waals surface area (Å²) in [5, 5.41) is 2.97. The van der Waals surface area contributed by atoms with Crippen molar-refractivity contribution in [2.75, 3.05) is 24.6 Å². The molecule has 2 aromatic carbocycles. The van der Waals surface area contributed by atoms with Crippen molar-refractivity contribution in [3.63, 3.8) is 0 Å². The SMILES string of the molecule is O=C(NC[C@H]1CCCO1)c1ccc(CN2CCc3ccccc32)cc1. The number of ether oxygens (including phenoxy) is 1. The van der Waals surface area contributed by atoms with Gasteiger partial charge in [0.25, 0.3) is 5.91 Å². The second-order valence-corrected chi connectivity index (χ2v) is 6.84. The highest BCUT2D eigenvalue weighted by molar-refractivity contribution is 5.94. The van der Waals surface area contributed by atoms with E-state index in [9.17, 15) is 4.79 Å². The Labute approximate surface area is 148 Å². The molecule has 1 fully saturated rings. The third-order valence-electron chi connectivity index (χ3n) is 5.09. The molecular weight excluding hydrogens is 312 g/mol. The maximum atomic E-state index is 12.2. The van der Waals surface area contributed by atoms with Crippen molar-refractivity contribution in [1.29, 1.82) is 0 Å². The molecule has 130 valence electrons. The molecule has 4 rings (SSSR count). The van der Waals surface area contributed by atoms with Crippen LogP contribution in [0.2, 0.25) is 0 Å². The van der Waals surface area contributed by atoms with E-state index in [1.807, 2.05) is 12.1 Å². The molecule has 25 heavy (non-hydrogen) atoms. The summed E-state index contributed by atoms with van der Waals surface area (Å²) >= 11 is 0. The van der Waals surface area contributed by atoms with Gasteiger partial charge in [0.1, 0.15) is 0 Å². The molecule has 1 N–H and O–H groups in total. The predicted molar refractivity (Wildman–Crippen MR) is 98.9 cm³/mol. The van der Waals surface area contributed by atoms with Crippen LogP contribution in [0.1, 0.15) is 34.3 Å². The predicted octanol–water partition coefficient (Wildman–Crippen LogP) is 3.16. The molecule has 0 aromatic heterocycles. The Morgan fingerprint density at radius 2 is 2.00 bits per heavy atom. The largest absolute Gasteiger partial charge is 0.376 e. The van der Waals surface area contributed by atoms with E-state index >= 15 is 0 Å². The fraction of sp³-hybridized carbons (Fsp3) is 0.381. The fourth-order valence-corrected chi connectivity index (χ4v) is 3.67. The van der Waals surface area contributed by atoms with Crippen molar-refractivity contribution in [2.45, 2.75) is 31.9 Å². The Hall–Kier alpha value is -2.33. The van der Waals surface area contributed by atoms with Gasteiger partial charge >= 0.3 is 0 Å². The van der Waals surface area contributed by atoms with Crippen molar-refractivity contribution in [3.05, 3.63) is 65.2 Å². The second kappa shape index (κ2) is 7.28. The lowest BCUT2D eigenvalue weighted by atomic mass is 10.1. The highest BCUT2D eigenvalue weighted by Crippen LogP contribution is 2.28. The van der Waals surface area contributed by atoms with Gasteiger partial charge in [-0.2, -0.15) is 0 Å². The Kier molecular flexibility index (Phi) is 4.70. The number of benzene rings is 2.